The van der Waals surface area contributed by atoms with Gasteiger partial charge < -0.3 is 14.4 Å². The van der Waals surface area contributed by atoms with E-state index in [4.69, 9.17) is 9.47 Å². The molecule has 4 nitrogen and oxygen atoms in total. The molecule has 0 aliphatic heterocycles. The molecule has 0 unspecified atom stereocenters. The van der Waals surface area contributed by atoms with Gasteiger partial charge in [-0.1, -0.05) is 24.3 Å². The van der Waals surface area contributed by atoms with E-state index in [-0.39, 0.29) is 6.09 Å². The zero-order valence-corrected chi connectivity index (χ0v) is 14.1. The molecular formula is C18H25NO3. The SMILES string of the molecule is COC=CC1(N(C)C(=O)OC(C)(C)C)Cc2ccccc2C1. The van der Waals surface area contributed by atoms with Crippen LogP contribution >= 0.6 is 0 Å². The number of ether oxygens (including phenoxy) is 2. The molecule has 0 atom stereocenters. The number of carbonyl (C=O) groups excluding carboxylic acids is 1. The molecule has 0 bridgehead atoms. The van der Waals surface area contributed by atoms with Crippen LogP contribution in [0.1, 0.15) is 31.9 Å². The van der Waals surface area contributed by atoms with Crippen LogP contribution in [0.5, 0.6) is 0 Å². The van der Waals surface area contributed by atoms with Gasteiger partial charge in [0.15, 0.2) is 0 Å². The molecule has 22 heavy (non-hydrogen) atoms. The number of fused-ring (bicyclic) bond motifs is 1. The number of likely N-dealkylation sites (N-methyl/N-ethyl adjacent to an activating group) is 1. The van der Waals surface area contributed by atoms with Crippen LogP contribution in [0.2, 0.25) is 0 Å². The van der Waals surface area contributed by atoms with Crippen molar-refractivity contribution in [1.82, 2.24) is 4.90 Å². The van der Waals surface area contributed by atoms with E-state index in [9.17, 15) is 4.79 Å². The van der Waals surface area contributed by atoms with E-state index in [0.717, 1.165) is 12.8 Å². The molecule has 0 saturated heterocycles. The number of amides is 1. The van der Waals surface area contributed by atoms with Gasteiger partial charge in [0.2, 0.25) is 0 Å². The fourth-order valence-corrected chi connectivity index (χ4v) is 2.80. The lowest BCUT2D eigenvalue weighted by atomic mass is 9.94. The summed E-state index contributed by atoms with van der Waals surface area (Å²) in [7, 11) is 3.40. The maximum atomic E-state index is 12.5. The standard InChI is InChI=1S/C18H25NO3/c1-17(2,3)22-16(20)19(4)18(10-11-21-5)12-14-8-6-7-9-15(14)13-18/h6-11H,12-13H2,1-5H3. The molecular weight excluding hydrogens is 278 g/mol. The van der Waals surface area contributed by atoms with Crippen LogP contribution in [-0.4, -0.2) is 36.3 Å². The van der Waals surface area contributed by atoms with Crippen molar-refractivity contribution >= 4 is 6.09 Å². The van der Waals surface area contributed by atoms with Crippen molar-refractivity contribution in [1.29, 1.82) is 0 Å². The Morgan fingerprint density at radius 2 is 1.77 bits per heavy atom. The van der Waals surface area contributed by atoms with Crippen molar-refractivity contribution in [2.75, 3.05) is 14.2 Å². The molecule has 2 rings (SSSR count). The quantitative estimate of drug-likeness (QED) is 0.802. The molecule has 0 heterocycles. The minimum Gasteiger partial charge on any atom is -0.505 e. The van der Waals surface area contributed by atoms with E-state index in [2.05, 4.69) is 12.1 Å². The molecule has 1 aromatic carbocycles. The van der Waals surface area contributed by atoms with Crippen molar-refractivity contribution in [3.8, 4) is 0 Å². The maximum absolute atomic E-state index is 12.5. The van der Waals surface area contributed by atoms with Gasteiger partial charge in [-0.05, 0) is 38.0 Å². The lowest BCUT2D eigenvalue weighted by molar-refractivity contribution is 0.0139. The predicted molar refractivity (Wildman–Crippen MR) is 86.7 cm³/mol. The van der Waals surface area contributed by atoms with E-state index in [0.29, 0.717) is 0 Å². The molecule has 0 spiro atoms. The van der Waals surface area contributed by atoms with Crippen molar-refractivity contribution in [3.05, 3.63) is 47.7 Å². The molecule has 4 heteroatoms. The summed E-state index contributed by atoms with van der Waals surface area (Å²) in [6.07, 6.45) is 4.81. The average Bonchev–Trinajstić information content (AvgIpc) is 2.82. The second-order valence-electron chi connectivity index (χ2n) is 6.80. The van der Waals surface area contributed by atoms with E-state index in [1.165, 1.54) is 11.1 Å². The molecule has 0 saturated carbocycles. The lowest BCUT2D eigenvalue weighted by Crippen LogP contribution is -2.50. The number of benzene rings is 1. The minimum absolute atomic E-state index is 0.318. The predicted octanol–water partition coefficient (Wildman–Crippen LogP) is 3.55. The van der Waals surface area contributed by atoms with Gasteiger partial charge in [-0.3, -0.25) is 0 Å². The van der Waals surface area contributed by atoms with Crippen LogP contribution in [0.25, 0.3) is 0 Å². The second-order valence-corrected chi connectivity index (χ2v) is 6.80. The molecule has 0 fully saturated rings. The smallest absolute Gasteiger partial charge is 0.410 e. The van der Waals surface area contributed by atoms with Crippen molar-refractivity contribution in [2.45, 2.75) is 44.8 Å². The molecule has 0 aromatic heterocycles. The Kier molecular flexibility index (Phi) is 4.50. The fraction of sp³-hybridized carbons (Fsp3) is 0.500. The highest BCUT2D eigenvalue weighted by Gasteiger charge is 2.42. The van der Waals surface area contributed by atoms with Gasteiger partial charge in [0.1, 0.15) is 5.60 Å². The number of nitrogens with zero attached hydrogens (tertiary/aromatic N) is 1. The molecule has 120 valence electrons. The Morgan fingerprint density at radius 1 is 1.23 bits per heavy atom. The minimum atomic E-state index is -0.511. The molecule has 1 aliphatic carbocycles. The highest BCUT2D eigenvalue weighted by molar-refractivity contribution is 5.70. The van der Waals surface area contributed by atoms with Crippen LogP contribution in [-0.2, 0) is 22.3 Å². The van der Waals surface area contributed by atoms with Crippen molar-refractivity contribution in [3.63, 3.8) is 0 Å². The van der Waals surface area contributed by atoms with E-state index >= 15 is 0 Å². The highest BCUT2D eigenvalue weighted by Crippen LogP contribution is 2.36. The number of hydrogen-bond acceptors (Lipinski definition) is 3. The Morgan fingerprint density at radius 3 is 2.23 bits per heavy atom. The first-order valence-electron chi connectivity index (χ1n) is 7.51. The number of rotatable bonds is 3. The second kappa shape index (κ2) is 6.03. The van der Waals surface area contributed by atoms with Gasteiger partial charge in [0.25, 0.3) is 0 Å². The summed E-state index contributed by atoms with van der Waals surface area (Å²) >= 11 is 0. The van der Waals surface area contributed by atoms with E-state index in [1.807, 2.05) is 39.0 Å². The third-order valence-electron chi connectivity index (χ3n) is 3.96. The molecule has 0 N–H and O–H groups in total. The molecule has 1 aliphatic rings. The summed E-state index contributed by atoms with van der Waals surface area (Å²) in [5.74, 6) is 0. The zero-order valence-electron chi connectivity index (χ0n) is 14.1. The molecule has 1 amide bonds. The first kappa shape index (κ1) is 16.4. The summed E-state index contributed by atoms with van der Waals surface area (Å²) in [6.45, 7) is 5.62. The summed E-state index contributed by atoms with van der Waals surface area (Å²) in [6, 6.07) is 8.28. The van der Waals surface area contributed by atoms with Crippen molar-refractivity contribution in [2.24, 2.45) is 0 Å². The van der Waals surface area contributed by atoms with Crippen LogP contribution < -0.4 is 0 Å². The average molecular weight is 303 g/mol. The third-order valence-corrected chi connectivity index (χ3v) is 3.96. The number of hydrogen-bond donors (Lipinski definition) is 0. The normalized spacial score (nSPS) is 16.4. The Balaban J connectivity index is 2.28. The first-order valence-corrected chi connectivity index (χ1v) is 7.51. The summed E-state index contributed by atoms with van der Waals surface area (Å²) < 4.78 is 10.6. The van der Waals surface area contributed by atoms with Crippen molar-refractivity contribution < 1.29 is 14.3 Å². The Hall–Kier alpha value is -1.97. The van der Waals surface area contributed by atoms with Crippen LogP contribution in [0, 0.1) is 0 Å². The number of methoxy groups -OCH3 is 1. The van der Waals surface area contributed by atoms with Gasteiger partial charge in [0, 0.05) is 19.9 Å². The Bertz CT molecular complexity index is 547. The van der Waals surface area contributed by atoms with E-state index < -0.39 is 11.1 Å². The third kappa shape index (κ3) is 3.43. The zero-order chi connectivity index (χ0) is 16.4. The van der Waals surface area contributed by atoms with Gasteiger partial charge in [-0.2, -0.15) is 0 Å². The van der Waals surface area contributed by atoms with Gasteiger partial charge in [-0.15, -0.1) is 0 Å². The van der Waals surface area contributed by atoms with Gasteiger partial charge in [-0.25, -0.2) is 4.79 Å². The number of carbonyl (C=O) groups is 1. The molecule has 1 aromatic rings. The largest absolute Gasteiger partial charge is 0.505 e. The highest BCUT2D eigenvalue weighted by atomic mass is 16.6. The molecule has 0 radical (unpaired) electrons. The first-order chi connectivity index (χ1) is 10.3. The summed E-state index contributed by atoms with van der Waals surface area (Å²) in [4.78, 5) is 14.2. The maximum Gasteiger partial charge on any atom is 0.410 e. The fourth-order valence-electron chi connectivity index (χ4n) is 2.80. The Labute approximate surface area is 132 Å². The van der Waals surface area contributed by atoms with E-state index in [1.54, 1.807) is 25.3 Å². The van der Waals surface area contributed by atoms with Crippen LogP contribution in [0.3, 0.4) is 0 Å². The topological polar surface area (TPSA) is 38.8 Å². The van der Waals surface area contributed by atoms with Gasteiger partial charge in [0.05, 0.1) is 18.9 Å². The lowest BCUT2D eigenvalue weighted by Gasteiger charge is -2.37. The summed E-state index contributed by atoms with van der Waals surface area (Å²) in [5, 5.41) is 0. The van der Waals surface area contributed by atoms with Crippen LogP contribution in [0.4, 0.5) is 4.79 Å². The van der Waals surface area contributed by atoms with Crippen LogP contribution in [0.15, 0.2) is 36.6 Å². The summed E-state index contributed by atoms with van der Waals surface area (Å²) in [5.41, 5.74) is 1.57. The van der Waals surface area contributed by atoms with Gasteiger partial charge >= 0.3 is 6.09 Å². The monoisotopic (exact) mass is 303 g/mol.